The maximum atomic E-state index is 13.7. The Kier molecular flexibility index (Phi) is 7.18. The second-order valence-electron chi connectivity index (χ2n) is 8.80. The van der Waals surface area contributed by atoms with E-state index < -0.39 is 0 Å². The third-order valence-corrected chi connectivity index (χ3v) is 6.11. The van der Waals surface area contributed by atoms with Crippen LogP contribution < -0.4 is 10.2 Å². The first-order valence-corrected chi connectivity index (χ1v) is 11.5. The van der Waals surface area contributed by atoms with Gasteiger partial charge >= 0.3 is 0 Å². The number of carbonyl (C=O) groups excluding carboxylic acids is 2. The van der Waals surface area contributed by atoms with Crippen molar-refractivity contribution in [1.29, 1.82) is 0 Å². The highest BCUT2D eigenvalue weighted by Gasteiger charge is 2.28. The van der Waals surface area contributed by atoms with Crippen molar-refractivity contribution >= 4 is 23.2 Å². The van der Waals surface area contributed by atoms with Crippen molar-refractivity contribution in [3.8, 4) is 0 Å². The van der Waals surface area contributed by atoms with E-state index in [9.17, 15) is 14.0 Å². The van der Waals surface area contributed by atoms with Crippen molar-refractivity contribution in [3.05, 3.63) is 95.3 Å². The number of benzene rings is 3. The Hall–Kier alpha value is -3.47. The summed E-state index contributed by atoms with van der Waals surface area (Å²) in [4.78, 5) is 27.5. The van der Waals surface area contributed by atoms with Crippen molar-refractivity contribution in [2.45, 2.75) is 45.6 Å². The van der Waals surface area contributed by atoms with Gasteiger partial charge in [-0.1, -0.05) is 49.2 Å². The Morgan fingerprint density at radius 2 is 1.67 bits per heavy atom. The quantitative estimate of drug-likeness (QED) is 0.483. The van der Waals surface area contributed by atoms with Gasteiger partial charge in [-0.2, -0.15) is 0 Å². The maximum absolute atomic E-state index is 13.7. The number of halogens is 1. The zero-order valence-electron chi connectivity index (χ0n) is 18.9. The molecule has 4 rings (SSSR count). The molecular formula is C28H29FN2O2. The molecule has 0 atom stereocenters. The van der Waals surface area contributed by atoms with Gasteiger partial charge in [0, 0.05) is 17.3 Å². The number of anilines is 2. The van der Waals surface area contributed by atoms with Crippen LogP contribution in [0, 0.1) is 18.7 Å². The Morgan fingerprint density at radius 3 is 2.36 bits per heavy atom. The lowest BCUT2D eigenvalue weighted by atomic mass is 10.0. The lowest BCUT2D eigenvalue weighted by Crippen LogP contribution is -2.35. The molecular weight excluding hydrogens is 415 g/mol. The molecule has 0 aliphatic heterocycles. The van der Waals surface area contributed by atoms with E-state index in [1.807, 2.05) is 61.5 Å². The molecule has 0 bridgehead atoms. The first-order chi connectivity index (χ1) is 16.0. The molecule has 170 valence electrons. The molecule has 1 N–H and O–H groups in total. The summed E-state index contributed by atoms with van der Waals surface area (Å²) in [6, 6.07) is 21.6. The molecule has 3 aromatic rings. The van der Waals surface area contributed by atoms with Gasteiger partial charge in [-0.15, -0.1) is 0 Å². The number of amides is 2. The van der Waals surface area contributed by atoms with Gasteiger partial charge in [0.2, 0.25) is 11.8 Å². The fourth-order valence-corrected chi connectivity index (χ4v) is 4.41. The largest absolute Gasteiger partial charge is 0.326 e. The maximum Gasteiger partial charge on any atom is 0.230 e. The topological polar surface area (TPSA) is 49.4 Å². The number of nitrogens with zero attached hydrogens (tertiary/aromatic N) is 1. The zero-order valence-corrected chi connectivity index (χ0v) is 18.9. The van der Waals surface area contributed by atoms with Gasteiger partial charge in [-0.3, -0.25) is 9.59 Å². The molecule has 2 amide bonds. The highest BCUT2D eigenvalue weighted by molar-refractivity contribution is 5.95. The lowest BCUT2D eigenvalue weighted by molar-refractivity contribution is -0.122. The SMILES string of the molecule is Cc1cccc(NC(=O)Cc2ccc(N(Cc3cccc(F)c3)C(=O)C3CCCC3)cc2)c1. The van der Waals surface area contributed by atoms with Gasteiger partial charge in [0.25, 0.3) is 0 Å². The molecule has 0 radical (unpaired) electrons. The third kappa shape index (κ3) is 6.07. The number of hydrogen-bond acceptors (Lipinski definition) is 2. The van der Waals surface area contributed by atoms with Gasteiger partial charge in [0.1, 0.15) is 5.82 Å². The first-order valence-electron chi connectivity index (χ1n) is 11.5. The summed E-state index contributed by atoms with van der Waals surface area (Å²) in [5, 5.41) is 2.92. The minimum absolute atomic E-state index is 0.0124. The Balaban J connectivity index is 1.48. The predicted molar refractivity (Wildman–Crippen MR) is 130 cm³/mol. The van der Waals surface area contributed by atoms with Crippen molar-refractivity contribution in [1.82, 2.24) is 0 Å². The minimum atomic E-state index is -0.310. The molecule has 1 aliphatic rings. The summed E-state index contributed by atoms with van der Waals surface area (Å²) in [6.07, 6.45) is 4.18. The molecule has 0 aromatic heterocycles. The van der Waals surface area contributed by atoms with E-state index in [0.29, 0.717) is 6.54 Å². The van der Waals surface area contributed by atoms with Gasteiger partial charge < -0.3 is 10.2 Å². The van der Waals surface area contributed by atoms with Crippen LogP contribution in [0.2, 0.25) is 0 Å². The molecule has 3 aromatic carbocycles. The monoisotopic (exact) mass is 444 g/mol. The van der Waals surface area contributed by atoms with Crippen molar-refractivity contribution in [2.24, 2.45) is 5.92 Å². The van der Waals surface area contributed by atoms with Crippen LogP contribution in [0.4, 0.5) is 15.8 Å². The standard InChI is InChI=1S/C28H29FN2O2/c1-20-6-4-11-25(16-20)30-27(32)18-21-12-14-26(15-13-21)31(28(33)23-8-2-3-9-23)19-22-7-5-10-24(29)17-22/h4-7,10-17,23H,2-3,8-9,18-19H2,1H3,(H,30,32). The van der Waals surface area contributed by atoms with E-state index in [4.69, 9.17) is 0 Å². The number of nitrogens with one attached hydrogen (secondary N) is 1. The van der Waals surface area contributed by atoms with Crippen molar-refractivity contribution < 1.29 is 14.0 Å². The molecule has 0 heterocycles. The minimum Gasteiger partial charge on any atom is -0.326 e. The van der Waals surface area contributed by atoms with Crippen LogP contribution in [0.1, 0.15) is 42.4 Å². The van der Waals surface area contributed by atoms with Crippen LogP contribution in [-0.4, -0.2) is 11.8 Å². The molecule has 0 spiro atoms. The highest BCUT2D eigenvalue weighted by atomic mass is 19.1. The normalized spacial score (nSPS) is 13.6. The van der Waals surface area contributed by atoms with E-state index in [-0.39, 0.29) is 30.0 Å². The Bertz CT molecular complexity index is 1120. The summed E-state index contributed by atoms with van der Waals surface area (Å²) in [6.45, 7) is 2.30. The van der Waals surface area contributed by atoms with Crippen LogP contribution >= 0.6 is 0 Å². The summed E-state index contributed by atoms with van der Waals surface area (Å²) in [5.74, 6) is -0.303. The molecule has 0 unspecified atom stereocenters. The molecule has 1 saturated carbocycles. The zero-order chi connectivity index (χ0) is 23.2. The van der Waals surface area contributed by atoms with Crippen LogP contribution in [-0.2, 0) is 22.6 Å². The van der Waals surface area contributed by atoms with E-state index >= 15 is 0 Å². The van der Waals surface area contributed by atoms with E-state index in [2.05, 4.69) is 5.32 Å². The van der Waals surface area contributed by atoms with Gasteiger partial charge in [-0.05, 0) is 72.9 Å². The third-order valence-electron chi connectivity index (χ3n) is 6.11. The fourth-order valence-electron chi connectivity index (χ4n) is 4.41. The fraction of sp³-hybridized carbons (Fsp3) is 0.286. The van der Waals surface area contributed by atoms with Gasteiger partial charge in [-0.25, -0.2) is 4.39 Å². The van der Waals surface area contributed by atoms with Crippen LogP contribution in [0.3, 0.4) is 0 Å². The number of rotatable bonds is 7. The number of aryl methyl sites for hydroxylation is 1. The van der Waals surface area contributed by atoms with Crippen LogP contribution in [0.5, 0.6) is 0 Å². The molecule has 1 fully saturated rings. The van der Waals surface area contributed by atoms with E-state index in [0.717, 1.165) is 53.7 Å². The number of hydrogen-bond donors (Lipinski definition) is 1. The summed E-state index contributed by atoms with van der Waals surface area (Å²) < 4.78 is 13.7. The van der Waals surface area contributed by atoms with Crippen molar-refractivity contribution in [3.63, 3.8) is 0 Å². The van der Waals surface area contributed by atoms with E-state index in [1.54, 1.807) is 11.0 Å². The smallest absolute Gasteiger partial charge is 0.230 e. The van der Waals surface area contributed by atoms with Crippen LogP contribution in [0.15, 0.2) is 72.8 Å². The molecule has 0 saturated heterocycles. The highest BCUT2D eigenvalue weighted by Crippen LogP contribution is 2.30. The molecule has 5 heteroatoms. The second kappa shape index (κ2) is 10.4. The average molecular weight is 445 g/mol. The average Bonchev–Trinajstić information content (AvgIpc) is 3.33. The van der Waals surface area contributed by atoms with Gasteiger partial charge in [0.15, 0.2) is 0 Å². The molecule has 1 aliphatic carbocycles. The van der Waals surface area contributed by atoms with Crippen LogP contribution in [0.25, 0.3) is 0 Å². The Morgan fingerprint density at radius 1 is 0.939 bits per heavy atom. The molecule has 4 nitrogen and oxygen atoms in total. The lowest BCUT2D eigenvalue weighted by Gasteiger charge is -2.26. The predicted octanol–water partition coefficient (Wildman–Crippen LogP) is 6.04. The number of carbonyl (C=O) groups is 2. The van der Waals surface area contributed by atoms with Crippen molar-refractivity contribution in [2.75, 3.05) is 10.2 Å². The van der Waals surface area contributed by atoms with E-state index in [1.165, 1.54) is 12.1 Å². The summed E-state index contributed by atoms with van der Waals surface area (Å²) >= 11 is 0. The summed E-state index contributed by atoms with van der Waals surface area (Å²) in [7, 11) is 0. The first kappa shape index (κ1) is 22.7. The van der Waals surface area contributed by atoms with Gasteiger partial charge in [0.05, 0.1) is 13.0 Å². The Labute approximate surface area is 194 Å². The summed E-state index contributed by atoms with van der Waals surface area (Å²) in [5.41, 5.74) is 4.24. The second-order valence-corrected chi connectivity index (χ2v) is 8.80. The molecule has 33 heavy (non-hydrogen) atoms.